The molecule has 0 heterocycles. The van der Waals surface area contributed by atoms with Gasteiger partial charge in [0.25, 0.3) is 0 Å². The number of hydrogen-bond donors (Lipinski definition) is 1. The van der Waals surface area contributed by atoms with E-state index in [1.807, 2.05) is 0 Å². The Morgan fingerprint density at radius 3 is 2.45 bits per heavy atom. The average Bonchev–Trinajstić information content (AvgIpc) is 1.88. The molecule has 0 saturated heterocycles. The zero-order valence-corrected chi connectivity index (χ0v) is 9.81. The molecule has 0 aromatic carbocycles. The molecular formula is C7H15N2OY-. The van der Waals surface area contributed by atoms with E-state index >= 15 is 0 Å². The molecule has 4 heteroatoms. The molecule has 0 aliphatic carbocycles. The first-order valence-corrected chi connectivity index (χ1v) is 3.60. The molecule has 1 unspecified atom stereocenters. The summed E-state index contributed by atoms with van der Waals surface area (Å²) < 4.78 is 0. The maximum Gasteiger partial charge on any atom is 0.112 e. The number of nitrogens with one attached hydrogen (secondary N) is 1. The second-order valence-electron chi connectivity index (χ2n) is 2.45. The Bertz CT molecular complexity index is 109. The predicted octanol–water partition coefficient (Wildman–Crippen LogP) is 1.12. The molecule has 0 spiro atoms. The van der Waals surface area contributed by atoms with Crippen LogP contribution < -0.4 is 5.73 Å². The fourth-order valence-electron chi connectivity index (χ4n) is 0.696. The van der Waals surface area contributed by atoms with Gasteiger partial charge < -0.3 is 16.3 Å². The molecule has 0 aromatic heterocycles. The van der Waals surface area contributed by atoms with Gasteiger partial charge >= 0.3 is 0 Å². The standard InChI is InChI=1S/C7H15N2O.Y/c1-6(10)7(9)4-2-3-5-8;/h7,9H,2-5,8H2,1H3;/q-1;. The first-order chi connectivity index (χ1) is 4.68. The van der Waals surface area contributed by atoms with Crippen LogP contribution in [0.25, 0.3) is 5.73 Å². The predicted molar refractivity (Wildman–Crippen MR) is 41.7 cm³/mol. The number of rotatable bonds is 5. The summed E-state index contributed by atoms with van der Waals surface area (Å²) in [6.07, 6.45) is 2.47. The van der Waals surface area contributed by atoms with E-state index in [4.69, 9.17) is 11.5 Å². The van der Waals surface area contributed by atoms with Crippen LogP contribution in [0, 0.1) is 0 Å². The van der Waals surface area contributed by atoms with Crippen molar-refractivity contribution in [2.24, 2.45) is 5.73 Å². The molecular weight excluding hydrogens is 217 g/mol. The third-order valence-electron chi connectivity index (χ3n) is 1.44. The molecule has 0 rings (SSSR count). The van der Waals surface area contributed by atoms with Crippen molar-refractivity contribution >= 4 is 5.78 Å². The van der Waals surface area contributed by atoms with Crippen LogP contribution in [0.5, 0.6) is 0 Å². The Morgan fingerprint density at radius 2 is 2.09 bits per heavy atom. The number of carbonyl (C=O) groups excluding carboxylic acids is 1. The summed E-state index contributed by atoms with van der Waals surface area (Å²) >= 11 is 0. The number of unbranched alkanes of at least 4 members (excludes halogenated alkanes) is 1. The molecule has 0 aliphatic rings. The molecule has 0 amide bonds. The Kier molecular flexibility index (Phi) is 11.4. The zero-order chi connectivity index (χ0) is 7.98. The molecule has 0 aliphatic heterocycles. The Labute approximate surface area is 93.2 Å². The summed E-state index contributed by atoms with van der Waals surface area (Å²) in [5.74, 6) is -0.0444. The van der Waals surface area contributed by atoms with Crippen molar-refractivity contribution in [1.29, 1.82) is 0 Å². The minimum atomic E-state index is -0.522. The average molecular weight is 232 g/mol. The maximum atomic E-state index is 10.5. The molecule has 0 bridgehead atoms. The van der Waals surface area contributed by atoms with Gasteiger partial charge in [0.15, 0.2) is 0 Å². The quantitative estimate of drug-likeness (QED) is 0.722. The van der Waals surface area contributed by atoms with Gasteiger partial charge in [0.05, 0.1) is 0 Å². The van der Waals surface area contributed by atoms with Crippen molar-refractivity contribution in [3.05, 3.63) is 5.73 Å². The van der Waals surface area contributed by atoms with Crippen LogP contribution in [-0.2, 0) is 37.5 Å². The largest absolute Gasteiger partial charge is 0.668 e. The molecule has 3 N–H and O–H groups in total. The van der Waals surface area contributed by atoms with Gasteiger partial charge in [-0.05, 0) is 19.9 Å². The smallest absolute Gasteiger partial charge is 0.112 e. The first-order valence-electron chi connectivity index (χ1n) is 3.60. The summed E-state index contributed by atoms with van der Waals surface area (Å²) in [5, 5.41) is 0. The molecule has 63 valence electrons. The van der Waals surface area contributed by atoms with E-state index in [1.54, 1.807) is 0 Å². The van der Waals surface area contributed by atoms with Crippen LogP contribution in [0.4, 0.5) is 0 Å². The summed E-state index contributed by atoms with van der Waals surface area (Å²) in [6, 6.07) is -0.522. The number of nitrogens with two attached hydrogens (primary N) is 1. The van der Waals surface area contributed by atoms with Crippen molar-refractivity contribution in [3.63, 3.8) is 0 Å². The molecule has 3 nitrogen and oxygen atoms in total. The number of ketones is 1. The fraction of sp³-hybridized carbons (Fsp3) is 0.857. The Morgan fingerprint density at radius 1 is 1.55 bits per heavy atom. The van der Waals surface area contributed by atoms with Crippen LogP contribution >= 0.6 is 0 Å². The van der Waals surface area contributed by atoms with Gasteiger partial charge in [0.1, 0.15) is 5.78 Å². The molecule has 0 saturated carbocycles. The van der Waals surface area contributed by atoms with Gasteiger partial charge in [-0.3, -0.25) is 0 Å². The number of hydrogen-bond acceptors (Lipinski definition) is 2. The van der Waals surface area contributed by atoms with Gasteiger partial charge in [-0.15, -0.1) is 0 Å². The minimum Gasteiger partial charge on any atom is -0.668 e. The van der Waals surface area contributed by atoms with E-state index in [9.17, 15) is 4.79 Å². The van der Waals surface area contributed by atoms with Crippen LogP contribution in [0.1, 0.15) is 26.2 Å². The second-order valence-corrected chi connectivity index (χ2v) is 2.45. The van der Waals surface area contributed by atoms with E-state index in [2.05, 4.69) is 0 Å². The molecule has 1 atom stereocenters. The second kappa shape index (κ2) is 8.79. The van der Waals surface area contributed by atoms with Gasteiger partial charge in [-0.2, -0.15) is 0 Å². The molecule has 0 aromatic rings. The first kappa shape index (κ1) is 14.2. The van der Waals surface area contributed by atoms with Crippen LogP contribution in [0.3, 0.4) is 0 Å². The molecule has 11 heavy (non-hydrogen) atoms. The normalized spacial score (nSPS) is 11.9. The van der Waals surface area contributed by atoms with Crippen molar-refractivity contribution in [2.75, 3.05) is 6.54 Å². The Hall–Kier alpha value is 0.694. The van der Waals surface area contributed by atoms with Gasteiger partial charge in [-0.1, -0.05) is 18.9 Å². The molecule has 1 radical (unpaired) electrons. The van der Waals surface area contributed by atoms with Crippen LogP contribution in [-0.4, -0.2) is 18.4 Å². The maximum absolute atomic E-state index is 10.5. The van der Waals surface area contributed by atoms with Gasteiger partial charge in [-0.25, -0.2) is 0 Å². The SMILES string of the molecule is CC(=O)C([NH-])CCCCN.[Y]. The van der Waals surface area contributed by atoms with Crippen LogP contribution in [0.15, 0.2) is 0 Å². The monoisotopic (exact) mass is 232 g/mol. The third kappa shape index (κ3) is 8.60. The topological polar surface area (TPSA) is 66.9 Å². The van der Waals surface area contributed by atoms with Crippen molar-refractivity contribution in [3.8, 4) is 0 Å². The van der Waals surface area contributed by atoms with Gasteiger partial charge in [0.2, 0.25) is 0 Å². The minimum absolute atomic E-state index is 0. The zero-order valence-electron chi connectivity index (χ0n) is 6.97. The van der Waals surface area contributed by atoms with Crippen molar-refractivity contribution in [1.82, 2.24) is 0 Å². The molecule has 0 fully saturated rings. The summed E-state index contributed by atoms with van der Waals surface area (Å²) in [6.45, 7) is 2.12. The summed E-state index contributed by atoms with van der Waals surface area (Å²) in [5.41, 5.74) is 12.5. The number of Topliss-reactive ketones (excluding diaryl/α,β-unsaturated/α-hetero) is 1. The van der Waals surface area contributed by atoms with E-state index in [0.29, 0.717) is 13.0 Å². The summed E-state index contributed by atoms with van der Waals surface area (Å²) in [7, 11) is 0. The third-order valence-corrected chi connectivity index (χ3v) is 1.44. The Balaban J connectivity index is 0. The van der Waals surface area contributed by atoms with Crippen molar-refractivity contribution < 1.29 is 37.5 Å². The fourth-order valence-corrected chi connectivity index (χ4v) is 0.696. The van der Waals surface area contributed by atoms with Gasteiger partial charge in [0, 0.05) is 32.7 Å². The number of carbonyl (C=O) groups is 1. The van der Waals surface area contributed by atoms with Crippen LogP contribution in [0.2, 0.25) is 0 Å². The van der Waals surface area contributed by atoms with Crippen molar-refractivity contribution in [2.45, 2.75) is 32.2 Å². The van der Waals surface area contributed by atoms with E-state index < -0.39 is 6.04 Å². The van der Waals surface area contributed by atoms with E-state index in [0.717, 1.165) is 12.8 Å². The van der Waals surface area contributed by atoms with E-state index in [-0.39, 0.29) is 38.5 Å². The summed E-state index contributed by atoms with van der Waals surface area (Å²) in [4.78, 5) is 10.5. The van der Waals surface area contributed by atoms with E-state index in [1.165, 1.54) is 6.92 Å².